The van der Waals surface area contributed by atoms with Crippen molar-refractivity contribution in [1.29, 1.82) is 0 Å². The van der Waals surface area contributed by atoms with E-state index >= 15 is 0 Å². The van der Waals surface area contributed by atoms with E-state index in [-0.39, 0.29) is 11.7 Å². The number of aromatic nitrogens is 3. The second-order valence-corrected chi connectivity index (χ2v) is 8.29. The number of aromatic amines is 1. The van der Waals surface area contributed by atoms with Gasteiger partial charge in [-0.15, -0.1) is 11.3 Å². The molecule has 31 heavy (non-hydrogen) atoms. The Labute approximate surface area is 182 Å². The Hall–Kier alpha value is -3.30. The van der Waals surface area contributed by atoms with Crippen molar-refractivity contribution in [2.75, 3.05) is 26.2 Å². The third kappa shape index (κ3) is 4.28. The molecule has 4 heterocycles. The predicted octanol–water partition coefficient (Wildman–Crippen LogP) is 3.89. The molecule has 4 aromatic rings. The second kappa shape index (κ2) is 8.44. The van der Waals surface area contributed by atoms with Gasteiger partial charge in [-0.05, 0) is 36.4 Å². The normalized spacial score (nSPS) is 14.8. The number of hydrogen-bond donors (Lipinski definition) is 1. The van der Waals surface area contributed by atoms with Crippen LogP contribution in [0.25, 0.3) is 22.7 Å². The summed E-state index contributed by atoms with van der Waals surface area (Å²) < 4.78 is 18.5. The second-order valence-electron chi connectivity index (χ2n) is 7.35. The Morgan fingerprint density at radius 1 is 1.16 bits per heavy atom. The van der Waals surface area contributed by atoms with Crippen LogP contribution in [-0.2, 0) is 6.54 Å². The van der Waals surface area contributed by atoms with E-state index in [4.69, 9.17) is 4.42 Å². The van der Waals surface area contributed by atoms with Gasteiger partial charge in [0.2, 0.25) is 0 Å². The summed E-state index contributed by atoms with van der Waals surface area (Å²) in [5.74, 6) is 0.319. The molecular weight excluding hydrogens is 417 g/mol. The standard InChI is InChI=1S/C22H20FN5O2S/c23-16-5-3-15(4-6-16)19-14-31-21(24-19)13-27-7-9-28(10-8-27)22(29)18-12-17(25-26-18)20-2-1-11-30-20/h1-6,11-12,14H,7-10,13H2,(H,25,26). The number of carbonyl (C=O) groups is 1. The van der Waals surface area contributed by atoms with Gasteiger partial charge >= 0.3 is 0 Å². The van der Waals surface area contributed by atoms with Gasteiger partial charge in [0.05, 0.1) is 18.5 Å². The molecule has 0 radical (unpaired) electrons. The molecule has 1 saturated heterocycles. The molecule has 1 aliphatic heterocycles. The fraction of sp³-hybridized carbons (Fsp3) is 0.227. The summed E-state index contributed by atoms with van der Waals surface area (Å²) in [7, 11) is 0. The molecule has 5 rings (SSSR count). The molecule has 0 bridgehead atoms. The summed E-state index contributed by atoms with van der Waals surface area (Å²) in [5, 5.41) is 10.0. The molecule has 9 heteroatoms. The number of H-pyrrole nitrogens is 1. The third-order valence-corrected chi connectivity index (χ3v) is 6.13. The maximum absolute atomic E-state index is 13.1. The van der Waals surface area contributed by atoms with Crippen LogP contribution >= 0.6 is 11.3 Å². The minimum Gasteiger partial charge on any atom is -0.463 e. The molecule has 158 valence electrons. The first-order chi connectivity index (χ1) is 15.2. The molecule has 0 atom stereocenters. The number of piperazine rings is 1. The Balaban J connectivity index is 1.16. The number of amides is 1. The van der Waals surface area contributed by atoms with Gasteiger partial charge in [0, 0.05) is 43.2 Å². The van der Waals surface area contributed by atoms with Crippen LogP contribution in [0.5, 0.6) is 0 Å². The van der Waals surface area contributed by atoms with Crippen LogP contribution in [0, 0.1) is 5.82 Å². The fourth-order valence-corrected chi connectivity index (χ4v) is 4.43. The van der Waals surface area contributed by atoms with E-state index in [0.717, 1.165) is 35.9 Å². The molecule has 1 amide bonds. The van der Waals surface area contributed by atoms with Gasteiger partial charge in [0.25, 0.3) is 5.91 Å². The Bertz CT molecular complexity index is 1160. The van der Waals surface area contributed by atoms with E-state index in [9.17, 15) is 9.18 Å². The maximum atomic E-state index is 13.1. The van der Waals surface area contributed by atoms with Gasteiger partial charge in [0.15, 0.2) is 11.5 Å². The lowest BCUT2D eigenvalue weighted by Gasteiger charge is -2.33. The molecule has 0 unspecified atom stereocenters. The summed E-state index contributed by atoms with van der Waals surface area (Å²) >= 11 is 1.60. The number of furan rings is 1. The highest BCUT2D eigenvalue weighted by atomic mass is 32.1. The zero-order valence-corrected chi connectivity index (χ0v) is 17.4. The highest BCUT2D eigenvalue weighted by Crippen LogP contribution is 2.24. The monoisotopic (exact) mass is 437 g/mol. The number of halogens is 1. The number of benzene rings is 1. The van der Waals surface area contributed by atoms with E-state index in [2.05, 4.69) is 20.1 Å². The summed E-state index contributed by atoms with van der Waals surface area (Å²) in [6, 6.07) is 11.7. The van der Waals surface area contributed by atoms with Crippen LogP contribution in [0.1, 0.15) is 15.5 Å². The molecule has 0 aliphatic carbocycles. The minimum absolute atomic E-state index is 0.0819. The van der Waals surface area contributed by atoms with Crippen LogP contribution in [0.4, 0.5) is 4.39 Å². The molecule has 0 saturated carbocycles. The zero-order chi connectivity index (χ0) is 21.2. The van der Waals surface area contributed by atoms with E-state index in [1.54, 1.807) is 41.9 Å². The zero-order valence-electron chi connectivity index (χ0n) is 16.6. The number of nitrogens with zero attached hydrogens (tertiary/aromatic N) is 4. The Morgan fingerprint density at radius 2 is 1.97 bits per heavy atom. The van der Waals surface area contributed by atoms with Crippen LogP contribution in [0.2, 0.25) is 0 Å². The molecule has 7 nitrogen and oxygen atoms in total. The summed E-state index contributed by atoms with van der Waals surface area (Å²) in [5.41, 5.74) is 2.85. The molecule has 1 aromatic carbocycles. The third-order valence-electron chi connectivity index (χ3n) is 5.29. The Morgan fingerprint density at radius 3 is 2.71 bits per heavy atom. The average molecular weight is 438 g/mol. The smallest absolute Gasteiger partial charge is 0.274 e. The Kier molecular flexibility index (Phi) is 5.35. The molecule has 1 N–H and O–H groups in total. The number of thiazole rings is 1. The average Bonchev–Trinajstić information content (AvgIpc) is 3.55. The molecule has 1 aliphatic rings. The van der Waals surface area contributed by atoms with Crippen molar-refractivity contribution in [1.82, 2.24) is 25.0 Å². The van der Waals surface area contributed by atoms with E-state index in [1.165, 1.54) is 12.1 Å². The van der Waals surface area contributed by atoms with Crippen LogP contribution in [0.15, 0.2) is 58.5 Å². The van der Waals surface area contributed by atoms with Crippen molar-refractivity contribution in [3.05, 3.63) is 70.6 Å². The van der Waals surface area contributed by atoms with Crippen molar-refractivity contribution in [2.45, 2.75) is 6.54 Å². The number of rotatable bonds is 5. The van der Waals surface area contributed by atoms with Gasteiger partial charge < -0.3 is 9.32 Å². The van der Waals surface area contributed by atoms with Crippen LogP contribution in [-0.4, -0.2) is 57.1 Å². The van der Waals surface area contributed by atoms with Gasteiger partial charge in [-0.1, -0.05) is 0 Å². The minimum atomic E-state index is -0.251. The highest BCUT2D eigenvalue weighted by molar-refractivity contribution is 7.09. The van der Waals surface area contributed by atoms with Gasteiger partial charge in [-0.3, -0.25) is 14.8 Å². The lowest BCUT2D eigenvalue weighted by Crippen LogP contribution is -2.48. The quantitative estimate of drug-likeness (QED) is 0.513. The van der Waals surface area contributed by atoms with Gasteiger partial charge in [0.1, 0.15) is 16.5 Å². The van der Waals surface area contributed by atoms with Crippen LogP contribution in [0.3, 0.4) is 0 Å². The van der Waals surface area contributed by atoms with Crippen LogP contribution < -0.4 is 0 Å². The molecule has 0 spiro atoms. The van der Waals surface area contributed by atoms with E-state index in [1.807, 2.05) is 16.3 Å². The number of nitrogens with one attached hydrogen (secondary N) is 1. The van der Waals surface area contributed by atoms with Crippen molar-refractivity contribution >= 4 is 17.2 Å². The maximum Gasteiger partial charge on any atom is 0.274 e. The van der Waals surface area contributed by atoms with Gasteiger partial charge in [-0.25, -0.2) is 9.37 Å². The van der Waals surface area contributed by atoms with Crippen molar-refractivity contribution in [2.24, 2.45) is 0 Å². The first kappa shape index (κ1) is 19.7. The van der Waals surface area contributed by atoms with E-state index in [0.29, 0.717) is 30.2 Å². The first-order valence-corrected chi connectivity index (χ1v) is 10.8. The van der Waals surface area contributed by atoms with Crippen molar-refractivity contribution < 1.29 is 13.6 Å². The van der Waals surface area contributed by atoms with E-state index < -0.39 is 0 Å². The molecule has 3 aromatic heterocycles. The SMILES string of the molecule is O=C(c1cc(-c2ccco2)[nH]n1)N1CCN(Cc2nc(-c3ccc(F)cc3)cs2)CC1. The molecular formula is C22H20FN5O2S. The van der Waals surface area contributed by atoms with Crippen molar-refractivity contribution in [3.63, 3.8) is 0 Å². The van der Waals surface area contributed by atoms with Crippen molar-refractivity contribution in [3.8, 4) is 22.7 Å². The largest absolute Gasteiger partial charge is 0.463 e. The predicted molar refractivity (Wildman–Crippen MR) is 115 cm³/mol. The fourth-order valence-electron chi connectivity index (χ4n) is 3.59. The summed E-state index contributed by atoms with van der Waals surface area (Å²) in [4.78, 5) is 21.6. The number of hydrogen-bond acceptors (Lipinski definition) is 6. The lowest BCUT2D eigenvalue weighted by molar-refractivity contribution is 0.0622. The summed E-state index contributed by atoms with van der Waals surface area (Å²) in [6.45, 7) is 3.55. The van der Waals surface area contributed by atoms with Gasteiger partial charge in [-0.2, -0.15) is 5.10 Å². The molecule has 1 fully saturated rings. The first-order valence-electron chi connectivity index (χ1n) is 9.97. The number of carbonyl (C=O) groups excluding carboxylic acids is 1. The lowest BCUT2D eigenvalue weighted by atomic mass is 10.2. The highest BCUT2D eigenvalue weighted by Gasteiger charge is 2.24. The topological polar surface area (TPSA) is 78.3 Å². The summed E-state index contributed by atoms with van der Waals surface area (Å²) in [6.07, 6.45) is 1.59.